The van der Waals surface area contributed by atoms with Crippen molar-refractivity contribution in [3.05, 3.63) is 17.5 Å². The highest BCUT2D eigenvalue weighted by Gasteiger charge is 2.37. The van der Waals surface area contributed by atoms with Crippen LogP contribution >= 0.6 is 0 Å². The summed E-state index contributed by atoms with van der Waals surface area (Å²) in [7, 11) is 1.72. The Labute approximate surface area is 139 Å². The normalized spacial score (nSPS) is 17.2. The van der Waals surface area contributed by atoms with Crippen LogP contribution in [0.4, 0.5) is 0 Å². The van der Waals surface area contributed by atoms with Gasteiger partial charge in [0.25, 0.3) is 5.91 Å². The van der Waals surface area contributed by atoms with E-state index < -0.39 is 0 Å². The summed E-state index contributed by atoms with van der Waals surface area (Å²) in [5.74, 6) is 0.243. The third kappa shape index (κ3) is 3.94. The third-order valence-electron chi connectivity index (χ3n) is 4.69. The van der Waals surface area contributed by atoms with Crippen LogP contribution in [0.15, 0.2) is 6.07 Å². The van der Waals surface area contributed by atoms with Crippen LogP contribution in [0, 0.1) is 5.41 Å². The van der Waals surface area contributed by atoms with E-state index in [1.165, 1.54) is 6.42 Å². The van der Waals surface area contributed by atoms with Crippen molar-refractivity contribution in [3.63, 3.8) is 0 Å². The highest BCUT2D eigenvalue weighted by Crippen LogP contribution is 2.40. The van der Waals surface area contributed by atoms with Crippen LogP contribution in [0.2, 0.25) is 0 Å². The van der Waals surface area contributed by atoms with E-state index in [4.69, 9.17) is 4.74 Å². The summed E-state index contributed by atoms with van der Waals surface area (Å²) in [5, 5.41) is 7.63. The molecule has 5 heteroatoms. The monoisotopic (exact) mass is 321 g/mol. The van der Waals surface area contributed by atoms with Crippen molar-refractivity contribution in [3.8, 4) is 0 Å². The first-order valence-electron chi connectivity index (χ1n) is 8.56. The average Bonchev–Trinajstić information content (AvgIpc) is 2.86. The number of aromatic nitrogens is 2. The SMILES string of the molecule is COCC1(CNC(=O)c2cc(C(C)C)n(C(C)(C)C)n2)CCC1. The number of carbonyl (C=O) groups is 1. The first-order chi connectivity index (χ1) is 10.7. The number of nitrogens with zero attached hydrogens (tertiary/aromatic N) is 2. The standard InChI is InChI=1S/C18H31N3O2/c1-13(2)15-10-14(20-21(15)17(3,4)5)16(22)19-11-18(12-23-6)8-7-9-18/h10,13H,7-9,11-12H2,1-6H3,(H,19,22). The molecule has 0 bridgehead atoms. The molecule has 1 saturated carbocycles. The summed E-state index contributed by atoms with van der Waals surface area (Å²) < 4.78 is 7.29. The Morgan fingerprint density at radius 3 is 2.48 bits per heavy atom. The molecule has 0 aliphatic heterocycles. The van der Waals surface area contributed by atoms with Crippen LogP contribution in [-0.4, -0.2) is 35.9 Å². The van der Waals surface area contributed by atoms with Crippen LogP contribution < -0.4 is 5.32 Å². The molecule has 130 valence electrons. The highest BCUT2D eigenvalue weighted by atomic mass is 16.5. The summed E-state index contributed by atoms with van der Waals surface area (Å²) in [6.45, 7) is 12.0. The molecule has 0 aromatic carbocycles. The molecule has 1 N–H and O–H groups in total. The number of methoxy groups -OCH3 is 1. The second-order valence-electron chi connectivity index (χ2n) is 8.16. The summed E-state index contributed by atoms with van der Waals surface area (Å²) in [4.78, 5) is 12.5. The molecular formula is C18H31N3O2. The summed E-state index contributed by atoms with van der Waals surface area (Å²) in [6.07, 6.45) is 3.46. The lowest BCUT2D eigenvalue weighted by atomic mass is 9.69. The molecule has 1 aromatic rings. The number of carbonyl (C=O) groups excluding carboxylic acids is 1. The van der Waals surface area contributed by atoms with Crippen molar-refractivity contribution >= 4 is 5.91 Å². The predicted molar refractivity (Wildman–Crippen MR) is 91.8 cm³/mol. The molecule has 23 heavy (non-hydrogen) atoms. The molecule has 2 rings (SSSR count). The van der Waals surface area contributed by atoms with Gasteiger partial charge in [0, 0.05) is 24.8 Å². The predicted octanol–water partition coefficient (Wildman–Crippen LogP) is 3.31. The average molecular weight is 321 g/mol. The Morgan fingerprint density at radius 1 is 1.43 bits per heavy atom. The van der Waals surface area contributed by atoms with Crippen molar-refractivity contribution in [2.24, 2.45) is 5.41 Å². The quantitative estimate of drug-likeness (QED) is 0.874. The van der Waals surface area contributed by atoms with Crippen molar-refractivity contribution < 1.29 is 9.53 Å². The molecule has 1 aromatic heterocycles. The van der Waals surface area contributed by atoms with Gasteiger partial charge in [-0.25, -0.2) is 0 Å². The Balaban J connectivity index is 2.10. The number of ether oxygens (including phenoxy) is 1. The molecular weight excluding hydrogens is 290 g/mol. The van der Waals surface area contributed by atoms with E-state index in [0.29, 0.717) is 24.8 Å². The maximum Gasteiger partial charge on any atom is 0.271 e. The van der Waals surface area contributed by atoms with Gasteiger partial charge in [0.15, 0.2) is 0 Å². The van der Waals surface area contributed by atoms with E-state index in [1.54, 1.807) is 7.11 Å². The number of hydrogen-bond donors (Lipinski definition) is 1. The summed E-state index contributed by atoms with van der Waals surface area (Å²) in [5.41, 5.74) is 1.59. The van der Waals surface area contributed by atoms with Crippen LogP contribution in [0.5, 0.6) is 0 Å². The minimum atomic E-state index is -0.136. The van der Waals surface area contributed by atoms with Gasteiger partial charge in [0.2, 0.25) is 0 Å². The molecule has 1 heterocycles. The van der Waals surface area contributed by atoms with Gasteiger partial charge in [0.1, 0.15) is 5.69 Å². The molecule has 1 amide bonds. The van der Waals surface area contributed by atoms with Gasteiger partial charge in [-0.1, -0.05) is 20.3 Å². The van der Waals surface area contributed by atoms with Crippen molar-refractivity contribution in [1.82, 2.24) is 15.1 Å². The molecule has 5 nitrogen and oxygen atoms in total. The molecule has 0 atom stereocenters. The van der Waals surface area contributed by atoms with Gasteiger partial charge in [-0.15, -0.1) is 0 Å². The van der Waals surface area contributed by atoms with E-state index in [1.807, 2.05) is 10.7 Å². The fraction of sp³-hybridized carbons (Fsp3) is 0.778. The van der Waals surface area contributed by atoms with E-state index in [0.717, 1.165) is 18.5 Å². The molecule has 0 unspecified atom stereocenters. The largest absolute Gasteiger partial charge is 0.384 e. The zero-order valence-electron chi connectivity index (χ0n) is 15.4. The summed E-state index contributed by atoms with van der Waals surface area (Å²) in [6, 6.07) is 1.93. The van der Waals surface area contributed by atoms with E-state index in [2.05, 4.69) is 45.0 Å². The number of rotatable bonds is 6. The Bertz CT molecular complexity index is 551. The summed E-state index contributed by atoms with van der Waals surface area (Å²) >= 11 is 0. The minimum absolute atomic E-state index is 0.0859. The Morgan fingerprint density at radius 2 is 2.09 bits per heavy atom. The fourth-order valence-corrected chi connectivity index (χ4v) is 3.17. The molecule has 0 radical (unpaired) electrons. The first-order valence-corrected chi connectivity index (χ1v) is 8.56. The van der Waals surface area contributed by atoms with Gasteiger partial charge in [-0.2, -0.15) is 5.10 Å². The van der Waals surface area contributed by atoms with Gasteiger partial charge in [-0.05, 0) is 45.6 Å². The van der Waals surface area contributed by atoms with Gasteiger partial charge >= 0.3 is 0 Å². The van der Waals surface area contributed by atoms with E-state index >= 15 is 0 Å². The number of nitrogens with one attached hydrogen (secondary N) is 1. The van der Waals surface area contributed by atoms with E-state index in [9.17, 15) is 4.79 Å². The Kier molecular flexibility index (Phi) is 5.19. The van der Waals surface area contributed by atoms with Gasteiger partial charge < -0.3 is 10.1 Å². The molecule has 0 saturated heterocycles. The zero-order chi connectivity index (χ0) is 17.3. The van der Waals surface area contributed by atoms with Crippen LogP contribution in [0.3, 0.4) is 0 Å². The van der Waals surface area contributed by atoms with Crippen LogP contribution in [0.25, 0.3) is 0 Å². The second-order valence-corrected chi connectivity index (χ2v) is 8.16. The van der Waals surface area contributed by atoms with Crippen molar-refractivity contribution in [2.75, 3.05) is 20.3 Å². The smallest absolute Gasteiger partial charge is 0.271 e. The van der Waals surface area contributed by atoms with Crippen LogP contribution in [0.1, 0.15) is 76.0 Å². The Hall–Kier alpha value is -1.36. The first kappa shape index (κ1) is 18.0. The molecule has 1 aliphatic carbocycles. The lowest BCUT2D eigenvalue weighted by Gasteiger charge is -2.41. The molecule has 0 spiro atoms. The maximum atomic E-state index is 12.5. The third-order valence-corrected chi connectivity index (χ3v) is 4.69. The highest BCUT2D eigenvalue weighted by molar-refractivity contribution is 5.92. The van der Waals surface area contributed by atoms with E-state index in [-0.39, 0.29) is 16.9 Å². The van der Waals surface area contributed by atoms with Crippen LogP contribution in [-0.2, 0) is 10.3 Å². The van der Waals surface area contributed by atoms with Crippen molar-refractivity contribution in [1.29, 1.82) is 0 Å². The molecule has 1 aliphatic rings. The van der Waals surface area contributed by atoms with Gasteiger partial charge in [-0.3, -0.25) is 9.48 Å². The number of hydrogen-bond acceptors (Lipinski definition) is 3. The lowest BCUT2D eigenvalue weighted by Crippen LogP contribution is -2.45. The second kappa shape index (κ2) is 6.63. The fourth-order valence-electron chi connectivity index (χ4n) is 3.17. The zero-order valence-corrected chi connectivity index (χ0v) is 15.4. The topological polar surface area (TPSA) is 56.1 Å². The molecule has 1 fully saturated rings. The van der Waals surface area contributed by atoms with Crippen molar-refractivity contribution in [2.45, 2.75) is 65.3 Å². The maximum absolute atomic E-state index is 12.5. The lowest BCUT2D eigenvalue weighted by molar-refractivity contribution is 0.0179. The minimum Gasteiger partial charge on any atom is -0.384 e. The number of amides is 1. The van der Waals surface area contributed by atoms with Gasteiger partial charge in [0.05, 0.1) is 12.1 Å².